The third-order valence-electron chi connectivity index (χ3n) is 5.81. The molecular weight excluding hydrogens is 380 g/mol. The average molecular weight is 413 g/mol. The van der Waals surface area contributed by atoms with Gasteiger partial charge in [0.15, 0.2) is 0 Å². The third-order valence-corrected chi connectivity index (χ3v) is 5.81. The van der Waals surface area contributed by atoms with Crippen molar-refractivity contribution in [2.24, 2.45) is 0 Å². The van der Waals surface area contributed by atoms with Gasteiger partial charge >= 0.3 is 0 Å². The zero-order valence-electron chi connectivity index (χ0n) is 17.8. The summed E-state index contributed by atoms with van der Waals surface area (Å²) in [4.78, 5) is 4.81. The molecule has 2 aliphatic heterocycles. The quantitative estimate of drug-likeness (QED) is 0.682. The molecule has 1 N–H and O–H groups in total. The van der Waals surface area contributed by atoms with Gasteiger partial charge in [-0.05, 0) is 34.9 Å². The van der Waals surface area contributed by atoms with Crippen LogP contribution < -0.4 is 9.47 Å². The predicted molar refractivity (Wildman–Crippen MR) is 116 cm³/mol. The van der Waals surface area contributed by atoms with Gasteiger partial charge in [0.05, 0.1) is 33.0 Å². The fourth-order valence-corrected chi connectivity index (χ4v) is 4.15. The van der Waals surface area contributed by atoms with E-state index in [1.54, 1.807) is 7.11 Å². The number of aliphatic hydroxyl groups excluding tert-OH is 1. The van der Waals surface area contributed by atoms with E-state index in [1.807, 2.05) is 24.3 Å². The topological polar surface area (TPSA) is 54.4 Å². The van der Waals surface area contributed by atoms with E-state index in [9.17, 15) is 5.11 Å². The van der Waals surface area contributed by atoms with E-state index in [0.717, 1.165) is 62.8 Å². The number of β-amino-alcohol motifs (C(OH)–C–C–N with tert-alkyl or cyclic N) is 1. The van der Waals surface area contributed by atoms with E-state index in [2.05, 4.69) is 28.0 Å². The van der Waals surface area contributed by atoms with E-state index >= 15 is 0 Å². The summed E-state index contributed by atoms with van der Waals surface area (Å²) >= 11 is 0. The van der Waals surface area contributed by atoms with Crippen molar-refractivity contribution in [3.8, 4) is 11.5 Å². The molecule has 0 aliphatic carbocycles. The van der Waals surface area contributed by atoms with Gasteiger partial charge in [-0.25, -0.2) is 0 Å². The number of methoxy groups -OCH3 is 1. The maximum Gasteiger partial charge on any atom is 0.122 e. The van der Waals surface area contributed by atoms with Crippen LogP contribution in [0.2, 0.25) is 0 Å². The molecule has 1 fully saturated rings. The van der Waals surface area contributed by atoms with Gasteiger partial charge in [-0.2, -0.15) is 0 Å². The molecule has 0 bridgehead atoms. The third kappa shape index (κ3) is 5.73. The van der Waals surface area contributed by atoms with Crippen LogP contribution >= 0.6 is 0 Å². The number of hydrogen-bond donors (Lipinski definition) is 1. The van der Waals surface area contributed by atoms with E-state index in [4.69, 9.17) is 14.2 Å². The minimum atomic E-state index is -0.473. The molecule has 2 heterocycles. The molecule has 1 atom stereocenters. The van der Waals surface area contributed by atoms with Gasteiger partial charge in [0.1, 0.15) is 11.5 Å². The van der Waals surface area contributed by atoms with E-state index < -0.39 is 6.10 Å². The summed E-state index contributed by atoms with van der Waals surface area (Å²) in [6, 6.07) is 14.4. The summed E-state index contributed by atoms with van der Waals surface area (Å²) < 4.78 is 16.5. The molecule has 0 aromatic heterocycles. The van der Waals surface area contributed by atoms with Gasteiger partial charge in [0.25, 0.3) is 0 Å². The average Bonchev–Trinajstić information content (AvgIpc) is 3.23. The fraction of sp³-hybridized carbons (Fsp3) is 0.500. The van der Waals surface area contributed by atoms with Crippen molar-refractivity contribution in [2.75, 3.05) is 53.0 Å². The Hall–Kier alpha value is -2.12. The second-order valence-electron chi connectivity index (χ2n) is 8.14. The van der Waals surface area contributed by atoms with Crippen molar-refractivity contribution in [1.29, 1.82) is 0 Å². The number of fused-ring (bicyclic) bond motifs is 1. The largest absolute Gasteiger partial charge is 0.497 e. The minimum Gasteiger partial charge on any atom is -0.497 e. The molecule has 0 amide bonds. The molecule has 0 radical (unpaired) electrons. The highest BCUT2D eigenvalue weighted by Crippen LogP contribution is 2.26. The van der Waals surface area contributed by atoms with Gasteiger partial charge in [-0.3, -0.25) is 9.80 Å². The van der Waals surface area contributed by atoms with Crippen LogP contribution in [0.5, 0.6) is 11.5 Å². The number of aliphatic hydroxyl groups is 1. The standard InChI is InChI=1S/C24H32N2O4/c1-28-23-4-2-3-20(14-23)17-29-18-22(27)16-26-10-8-25(9-11-26)15-19-5-6-24-21(13-19)7-12-30-24/h2-6,13-14,22,27H,7-12,15-18H2,1H3. The van der Waals surface area contributed by atoms with Gasteiger partial charge in [0, 0.05) is 45.7 Å². The van der Waals surface area contributed by atoms with Crippen LogP contribution in [-0.2, 0) is 24.3 Å². The fourth-order valence-electron chi connectivity index (χ4n) is 4.15. The Kier molecular flexibility index (Phi) is 7.23. The number of ether oxygens (including phenoxy) is 3. The summed E-state index contributed by atoms with van der Waals surface area (Å²) in [5.41, 5.74) is 3.75. The monoisotopic (exact) mass is 412 g/mol. The first-order valence-corrected chi connectivity index (χ1v) is 10.8. The second-order valence-corrected chi connectivity index (χ2v) is 8.14. The van der Waals surface area contributed by atoms with Crippen LogP contribution in [0.4, 0.5) is 0 Å². The van der Waals surface area contributed by atoms with Crippen molar-refractivity contribution in [1.82, 2.24) is 9.80 Å². The van der Waals surface area contributed by atoms with Crippen LogP contribution in [0.1, 0.15) is 16.7 Å². The summed E-state index contributed by atoms with van der Waals surface area (Å²) in [6.45, 7) is 7.25. The number of benzene rings is 2. The smallest absolute Gasteiger partial charge is 0.122 e. The molecule has 1 unspecified atom stereocenters. The maximum atomic E-state index is 10.4. The number of piperazine rings is 1. The van der Waals surface area contributed by atoms with Crippen LogP contribution in [0, 0.1) is 0 Å². The number of hydrogen-bond acceptors (Lipinski definition) is 6. The molecule has 6 nitrogen and oxygen atoms in total. The molecule has 1 saturated heterocycles. The highest BCUT2D eigenvalue weighted by molar-refractivity contribution is 5.39. The Labute approximate surface area is 179 Å². The molecule has 0 spiro atoms. The summed E-state index contributed by atoms with van der Waals surface area (Å²) in [5.74, 6) is 1.87. The molecule has 2 aromatic rings. The molecule has 162 valence electrons. The van der Waals surface area contributed by atoms with Gasteiger partial charge in [-0.1, -0.05) is 24.3 Å². The van der Waals surface area contributed by atoms with E-state index in [0.29, 0.717) is 19.8 Å². The summed E-state index contributed by atoms with van der Waals surface area (Å²) in [7, 11) is 1.66. The van der Waals surface area contributed by atoms with Gasteiger partial charge in [-0.15, -0.1) is 0 Å². The molecule has 4 rings (SSSR count). The number of rotatable bonds is 9. The van der Waals surface area contributed by atoms with Crippen molar-refractivity contribution in [2.45, 2.75) is 25.7 Å². The lowest BCUT2D eigenvalue weighted by molar-refractivity contribution is 0.000850. The van der Waals surface area contributed by atoms with Crippen LogP contribution in [-0.4, -0.2) is 74.1 Å². The van der Waals surface area contributed by atoms with Crippen LogP contribution in [0.25, 0.3) is 0 Å². The maximum absolute atomic E-state index is 10.4. The van der Waals surface area contributed by atoms with Gasteiger partial charge < -0.3 is 19.3 Å². The number of nitrogens with zero attached hydrogens (tertiary/aromatic N) is 2. The first kappa shape index (κ1) is 21.1. The highest BCUT2D eigenvalue weighted by Gasteiger charge is 2.20. The second kappa shape index (κ2) is 10.3. The van der Waals surface area contributed by atoms with Crippen molar-refractivity contribution < 1.29 is 19.3 Å². The summed E-state index contributed by atoms with van der Waals surface area (Å²) in [6.07, 6.45) is 0.549. The summed E-state index contributed by atoms with van der Waals surface area (Å²) in [5, 5.41) is 10.4. The first-order valence-electron chi connectivity index (χ1n) is 10.8. The van der Waals surface area contributed by atoms with Crippen LogP contribution in [0.3, 0.4) is 0 Å². The van der Waals surface area contributed by atoms with E-state index in [-0.39, 0.29) is 0 Å². The molecule has 30 heavy (non-hydrogen) atoms. The first-order chi connectivity index (χ1) is 14.7. The minimum absolute atomic E-state index is 0.342. The Balaban J connectivity index is 1.14. The normalized spacial score (nSPS) is 18.1. The molecule has 2 aromatic carbocycles. The Bertz CT molecular complexity index is 821. The van der Waals surface area contributed by atoms with Gasteiger partial charge in [0.2, 0.25) is 0 Å². The molecular formula is C24H32N2O4. The Morgan fingerprint density at radius 3 is 2.70 bits per heavy atom. The molecule has 0 saturated carbocycles. The van der Waals surface area contributed by atoms with Crippen LogP contribution in [0.15, 0.2) is 42.5 Å². The van der Waals surface area contributed by atoms with Crippen molar-refractivity contribution >= 4 is 0 Å². The zero-order chi connectivity index (χ0) is 20.8. The lowest BCUT2D eigenvalue weighted by Gasteiger charge is -2.35. The lowest BCUT2D eigenvalue weighted by Crippen LogP contribution is -2.48. The Morgan fingerprint density at radius 2 is 1.87 bits per heavy atom. The van der Waals surface area contributed by atoms with Crippen molar-refractivity contribution in [3.05, 3.63) is 59.2 Å². The Morgan fingerprint density at radius 1 is 1.03 bits per heavy atom. The predicted octanol–water partition coefficient (Wildman–Crippen LogP) is 2.33. The SMILES string of the molecule is COc1cccc(COCC(O)CN2CCN(Cc3ccc4c(c3)CCO4)CC2)c1. The molecule has 6 heteroatoms. The molecule has 2 aliphatic rings. The highest BCUT2D eigenvalue weighted by atomic mass is 16.5. The lowest BCUT2D eigenvalue weighted by atomic mass is 10.1. The van der Waals surface area contributed by atoms with E-state index in [1.165, 1.54) is 11.1 Å². The van der Waals surface area contributed by atoms with Crippen molar-refractivity contribution in [3.63, 3.8) is 0 Å². The zero-order valence-corrected chi connectivity index (χ0v) is 17.8.